The zero-order valence-corrected chi connectivity index (χ0v) is 9.54. The van der Waals surface area contributed by atoms with Crippen LogP contribution in [-0.2, 0) is 11.3 Å². The van der Waals surface area contributed by atoms with Crippen LogP contribution in [0.4, 0.5) is 10.1 Å². The number of nitrogen functional groups attached to an aromatic ring is 1. The second-order valence-corrected chi connectivity index (χ2v) is 4.29. The van der Waals surface area contributed by atoms with Crippen LogP contribution >= 0.6 is 11.3 Å². The summed E-state index contributed by atoms with van der Waals surface area (Å²) in [6.07, 6.45) is 1.61. The van der Waals surface area contributed by atoms with Gasteiger partial charge in [0.1, 0.15) is 12.4 Å². The molecule has 88 valence electrons. The van der Waals surface area contributed by atoms with Crippen molar-refractivity contribution < 1.29 is 13.9 Å². The fourth-order valence-corrected chi connectivity index (χ4v) is 1.77. The van der Waals surface area contributed by atoms with Crippen LogP contribution in [0.2, 0.25) is 0 Å². The average Bonchev–Trinajstić information content (AvgIpc) is 2.77. The van der Waals surface area contributed by atoms with Crippen LogP contribution in [-0.4, -0.2) is 11.0 Å². The molecule has 0 spiro atoms. The minimum absolute atomic E-state index is 0.104. The Morgan fingerprint density at radius 2 is 2.29 bits per heavy atom. The molecule has 1 aromatic heterocycles. The second kappa shape index (κ2) is 4.92. The molecule has 0 fully saturated rings. The molecule has 0 aliphatic carbocycles. The largest absolute Gasteiger partial charge is 0.456 e. The Kier molecular flexibility index (Phi) is 3.34. The summed E-state index contributed by atoms with van der Waals surface area (Å²) in [4.78, 5) is 16.3. The van der Waals surface area contributed by atoms with E-state index in [1.54, 1.807) is 11.7 Å². The molecule has 6 heteroatoms. The van der Waals surface area contributed by atoms with E-state index in [4.69, 9.17) is 10.5 Å². The number of nitrogens with two attached hydrogens (primary N) is 1. The Labute approximate surface area is 101 Å². The first kappa shape index (κ1) is 11.5. The normalized spacial score (nSPS) is 10.2. The van der Waals surface area contributed by atoms with E-state index < -0.39 is 11.8 Å². The predicted octanol–water partition coefficient (Wildman–Crippen LogP) is 2.22. The van der Waals surface area contributed by atoms with Gasteiger partial charge in [-0.15, -0.1) is 11.3 Å². The maximum Gasteiger partial charge on any atom is 0.338 e. The maximum absolute atomic E-state index is 13.0. The molecule has 0 atom stereocenters. The summed E-state index contributed by atoms with van der Waals surface area (Å²) in [6.45, 7) is 0.125. The summed E-state index contributed by atoms with van der Waals surface area (Å²) in [5, 5.41) is 0. The summed E-state index contributed by atoms with van der Waals surface area (Å²) in [7, 11) is 0. The van der Waals surface area contributed by atoms with Crippen molar-refractivity contribution >= 4 is 23.0 Å². The average molecular weight is 252 g/mol. The summed E-state index contributed by atoms with van der Waals surface area (Å²) in [5.74, 6) is -1.17. The Hall–Kier alpha value is -1.95. The molecule has 17 heavy (non-hydrogen) atoms. The predicted molar refractivity (Wildman–Crippen MR) is 62.0 cm³/mol. The molecule has 2 N–H and O–H groups in total. The van der Waals surface area contributed by atoms with Gasteiger partial charge in [-0.05, 0) is 18.2 Å². The zero-order valence-electron chi connectivity index (χ0n) is 8.72. The molecule has 1 heterocycles. The lowest BCUT2D eigenvalue weighted by atomic mass is 10.2. The lowest BCUT2D eigenvalue weighted by Gasteiger charge is -2.04. The first-order valence-electron chi connectivity index (χ1n) is 4.76. The van der Waals surface area contributed by atoms with Crippen LogP contribution in [0.5, 0.6) is 0 Å². The van der Waals surface area contributed by atoms with Crippen LogP contribution in [0.1, 0.15) is 15.2 Å². The minimum atomic E-state index is -0.607. The summed E-state index contributed by atoms with van der Waals surface area (Å²) < 4.78 is 18.0. The molecule has 2 aromatic rings. The maximum atomic E-state index is 13.0. The van der Waals surface area contributed by atoms with Crippen LogP contribution in [0, 0.1) is 5.82 Å². The molecule has 2 rings (SSSR count). The number of rotatable bonds is 3. The van der Waals surface area contributed by atoms with Gasteiger partial charge >= 0.3 is 5.97 Å². The Bertz CT molecular complexity index is 508. The zero-order chi connectivity index (χ0) is 12.3. The van der Waals surface area contributed by atoms with Gasteiger partial charge in [0, 0.05) is 11.9 Å². The Morgan fingerprint density at radius 3 is 2.94 bits per heavy atom. The standard InChI is InChI=1S/C11H9FN2O2S/c12-8-1-7(2-9(13)3-8)11(15)16-5-10-4-14-6-17-10/h1-4,6H,5,13H2. The van der Waals surface area contributed by atoms with Gasteiger partial charge in [0.2, 0.25) is 0 Å². The molecule has 0 bridgehead atoms. The molecule has 0 saturated heterocycles. The smallest absolute Gasteiger partial charge is 0.338 e. The molecule has 0 amide bonds. The third kappa shape index (κ3) is 3.01. The van der Waals surface area contributed by atoms with Crippen molar-refractivity contribution in [2.24, 2.45) is 0 Å². The van der Waals surface area contributed by atoms with Gasteiger partial charge in [0.05, 0.1) is 16.0 Å². The van der Waals surface area contributed by atoms with Crippen molar-refractivity contribution in [1.29, 1.82) is 0 Å². The molecule has 0 unspecified atom stereocenters. The Morgan fingerprint density at radius 1 is 1.47 bits per heavy atom. The number of nitrogens with zero attached hydrogens (tertiary/aromatic N) is 1. The lowest BCUT2D eigenvalue weighted by molar-refractivity contribution is 0.0476. The van der Waals surface area contributed by atoms with E-state index in [0.717, 1.165) is 17.0 Å². The Balaban J connectivity index is 2.04. The van der Waals surface area contributed by atoms with Crippen LogP contribution in [0.3, 0.4) is 0 Å². The van der Waals surface area contributed by atoms with Crippen molar-refractivity contribution in [3.05, 3.63) is 46.2 Å². The molecule has 0 radical (unpaired) electrons. The fraction of sp³-hybridized carbons (Fsp3) is 0.0909. The molecule has 1 aromatic carbocycles. The van der Waals surface area contributed by atoms with Gasteiger partial charge < -0.3 is 10.5 Å². The van der Waals surface area contributed by atoms with Gasteiger partial charge in [-0.1, -0.05) is 0 Å². The highest BCUT2D eigenvalue weighted by Gasteiger charge is 2.10. The number of carbonyl (C=O) groups is 1. The van der Waals surface area contributed by atoms with Gasteiger partial charge in [-0.25, -0.2) is 9.18 Å². The molecule has 4 nitrogen and oxygen atoms in total. The van der Waals surface area contributed by atoms with Crippen molar-refractivity contribution in [2.45, 2.75) is 6.61 Å². The molecular formula is C11H9FN2O2S. The number of benzene rings is 1. The topological polar surface area (TPSA) is 65.2 Å². The first-order valence-corrected chi connectivity index (χ1v) is 5.63. The number of carbonyl (C=O) groups excluding carboxylic acids is 1. The van der Waals surface area contributed by atoms with E-state index in [1.165, 1.54) is 17.4 Å². The van der Waals surface area contributed by atoms with Crippen molar-refractivity contribution in [1.82, 2.24) is 4.98 Å². The highest BCUT2D eigenvalue weighted by atomic mass is 32.1. The van der Waals surface area contributed by atoms with E-state index in [2.05, 4.69) is 4.98 Å². The number of ether oxygens (including phenoxy) is 1. The minimum Gasteiger partial charge on any atom is -0.456 e. The molecular weight excluding hydrogens is 243 g/mol. The highest BCUT2D eigenvalue weighted by molar-refractivity contribution is 7.09. The van der Waals surface area contributed by atoms with Crippen LogP contribution < -0.4 is 5.73 Å². The lowest BCUT2D eigenvalue weighted by Crippen LogP contribution is -2.06. The van der Waals surface area contributed by atoms with E-state index in [0.29, 0.717) is 0 Å². The number of hydrogen-bond donors (Lipinski definition) is 1. The van der Waals surface area contributed by atoms with Crippen LogP contribution in [0.15, 0.2) is 29.9 Å². The van der Waals surface area contributed by atoms with Gasteiger partial charge in [-0.2, -0.15) is 0 Å². The van der Waals surface area contributed by atoms with Gasteiger partial charge in [0.25, 0.3) is 0 Å². The number of halogens is 1. The number of esters is 1. The van der Waals surface area contributed by atoms with Crippen molar-refractivity contribution in [3.63, 3.8) is 0 Å². The van der Waals surface area contributed by atoms with E-state index in [-0.39, 0.29) is 17.9 Å². The van der Waals surface area contributed by atoms with E-state index in [1.807, 2.05) is 0 Å². The SMILES string of the molecule is Nc1cc(F)cc(C(=O)OCc2cncs2)c1. The van der Waals surface area contributed by atoms with Crippen molar-refractivity contribution in [3.8, 4) is 0 Å². The van der Waals surface area contributed by atoms with Crippen LogP contribution in [0.25, 0.3) is 0 Å². The number of aromatic nitrogens is 1. The number of thiazole rings is 1. The summed E-state index contributed by atoms with van der Waals surface area (Å²) in [6, 6.07) is 3.60. The molecule has 0 saturated carbocycles. The second-order valence-electron chi connectivity index (χ2n) is 3.32. The van der Waals surface area contributed by atoms with E-state index in [9.17, 15) is 9.18 Å². The monoisotopic (exact) mass is 252 g/mol. The van der Waals surface area contributed by atoms with Crippen molar-refractivity contribution in [2.75, 3.05) is 5.73 Å². The van der Waals surface area contributed by atoms with Gasteiger partial charge in [0.15, 0.2) is 0 Å². The third-order valence-corrected chi connectivity index (χ3v) is 2.74. The quantitative estimate of drug-likeness (QED) is 0.672. The molecule has 0 aliphatic rings. The first-order chi connectivity index (χ1) is 8.15. The molecule has 0 aliphatic heterocycles. The fourth-order valence-electron chi connectivity index (χ4n) is 1.26. The number of hydrogen-bond acceptors (Lipinski definition) is 5. The summed E-state index contributed by atoms with van der Waals surface area (Å²) in [5.41, 5.74) is 7.37. The highest BCUT2D eigenvalue weighted by Crippen LogP contribution is 2.13. The summed E-state index contributed by atoms with van der Waals surface area (Å²) >= 11 is 1.38. The van der Waals surface area contributed by atoms with Gasteiger partial charge in [-0.3, -0.25) is 4.98 Å². The number of anilines is 1. The third-order valence-electron chi connectivity index (χ3n) is 1.98. The van der Waals surface area contributed by atoms with E-state index >= 15 is 0 Å².